The molecule has 0 fully saturated rings. The number of esters is 1. The third kappa shape index (κ3) is 10.6. The van der Waals surface area contributed by atoms with Gasteiger partial charge in [0.1, 0.15) is 11.4 Å². The Hall–Kier alpha value is -3.47. The van der Waals surface area contributed by atoms with Crippen LogP contribution in [0.2, 0.25) is 5.02 Å². The highest BCUT2D eigenvalue weighted by atomic mass is 35.5. The highest BCUT2D eigenvalue weighted by molar-refractivity contribution is 7.86. The number of hydrogen-bond acceptors (Lipinski definition) is 7. The molecular formula is C32H37ClFNO7S. The molecule has 232 valence electrons. The van der Waals surface area contributed by atoms with E-state index in [1.54, 1.807) is 64.1 Å². The largest absolute Gasteiger partial charge is 0.466 e. The number of ether oxygens (including phenoxy) is 2. The van der Waals surface area contributed by atoms with Crippen molar-refractivity contribution < 1.29 is 36.1 Å². The van der Waals surface area contributed by atoms with Gasteiger partial charge in [-0.15, -0.1) is 0 Å². The third-order valence-electron chi connectivity index (χ3n) is 6.32. The zero-order valence-corrected chi connectivity index (χ0v) is 26.4. The first kappa shape index (κ1) is 34.0. The highest BCUT2D eigenvalue weighted by Crippen LogP contribution is 2.27. The average molecular weight is 634 g/mol. The maximum absolute atomic E-state index is 14.4. The molecule has 0 radical (unpaired) electrons. The third-order valence-corrected chi connectivity index (χ3v) is 7.85. The van der Waals surface area contributed by atoms with Gasteiger partial charge in [-0.25, -0.2) is 9.18 Å². The lowest BCUT2D eigenvalue weighted by Gasteiger charge is -2.26. The van der Waals surface area contributed by atoms with E-state index in [-0.39, 0.29) is 24.3 Å². The Balaban J connectivity index is 1.84. The summed E-state index contributed by atoms with van der Waals surface area (Å²) < 4.78 is 56.0. The number of alkyl carbamates (subject to hydrolysis) is 1. The molecule has 0 aromatic heterocycles. The van der Waals surface area contributed by atoms with Crippen LogP contribution in [0.5, 0.6) is 0 Å². The van der Waals surface area contributed by atoms with Crippen LogP contribution < -0.4 is 5.32 Å². The molecule has 0 heterocycles. The predicted octanol–water partition coefficient (Wildman–Crippen LogP) is 6.87. The van der Waals surface area contributed by atoms with Crippen LogP contribution in [0.3, 0.4) is 0 Å². The Kier molecular flexibility index (Phi) is 11.7. The Labute approximate surface area is 257 Å². The summed E-state index contributed by atoms with van der Waals surface area (Å²) >= 11 is 6.05. The van der Waals surface area contributed by atoms with E-state index in [4.69, 9.17) is 25.3 Å². The van der Waals surface area contributed by atoms with E-state index in [0.29, 0.717) is 16.1 Å². The lowest BCUT2D eigenvalue weighted by molar-refractivity contribution is -0.149. The van der Waals surface area contributed by atoms with Crippen molar-refractivity contribution in [3.8, 4) is 11.1 Å². The predicted molar refractivity (Wildman–Crippen MR) is 163 cm³/mol. The van der Waals surface area contributed by atoms with E-state index in [1.807, 2.05) is 6.92 Å². The first-order valence-corrected chi connectivity index (χ1v) is 15.6. The molecule has 11 heteroatoms. The lowest BCUT2D eigenvalue weighted by atomic mass is 9.94. The van der Waals surface area contributed by atoms with Crippen LogP contribution in [0.15, 0.2) is 71.6 Å². The number of aryl methyl sites for hydroxylation is 1. The molecule has 8 nitrogen and oxygen atoms in total. The first-order valence-electron chi connectivity index (χ1n) is 13.8. The molecule has 0 aliphatic rings. The monoisotopic (exact) mass is 633 g/mol. The minimum absolute atomic E-state index is 0.00777. The van der Waals surface area contributed by atoms with E-state index >= 15 is 0 Å². The summed E-state index contributed by atoms with van der Waals surface area (Å²) in [5, 5.41) is 3.20. The smallest absolute Gasteiger partial charge is 0.407 e. The Morgan fingerprint density at radius 1 is 1.00 bits per heavy atom. The van der Waals surface area contributed by atoms with Gasteiger partial charge in [-0.05, 0) is 88.9 Å². The van der Waals surface area contributed by atoms with E-state index in [2.05, 4.69) is 5.32 Å². The molecule has 0 aliphatic carbocycles. The van der Waals surface area contributed by atoms with Crippen molar-refractivity contribution in [2.45, 2.75) is 64.0 Å². The Morgan fingerprint density at radius 2 is 1.65 bits per heavy atom. The molecule has 1 unspecified atom stereocenters. The zero-order chi connectivity index (χ0) is 31.8. The molecule has 3 aromatic carbocycles. The van der Waals surface area contributed by atoms with Crippen LogP contribution in [-0.2, 0) is 35.0 Å². The molecule has 43 heavy (non-hydrogen) atoms. The summed E-state index contributed by atoms with van der Waals surface area (Å²) in [5.41, 5.74) is 1.83. The van der Waals surface area contributed by atoms with Crippen molar-refractivity contribution in [1.29, 1.82) is 0 Å². The van der Waals surface area contributed by atoms with Gasteiger partial charge >= 0.3 is 12.1 Å². The highest BCUT2D eigenvalue weighted by Gasteiger charge is 2.30. The van der Waals surface area contributed by atoms with E-state index in [1.165, 1.54) is 30.3 Å². The standard InChI is InChI=1S/C32H37ClFNO7S/c1-6-40-30(36)24(20-41-43(38,39)27-14-7-21(2)8-15-27)18-26(35-31(37)42-32(3,4)5)17-22-9-11-23(12-10-22)28-19-25(33)13-16-29(28)34/h7-16,19,24,26H,6,17-18,20H2,1-5H3,(H,35,37)/t24?,26-/m1/s1. The fourth-order valence-electron chi connectivity index (χ4n) is 4.27. The first-order chi connectivity index (χ1) is 20.2. The second-order valence-electron chi connectivity index (χ2n) is 11.1. The zero-order valence-electron chi connectivity index (χ0n) is 24.9. The van der Waals surface area contributed by atoms with Gasteiger partial charge in [0.15, 0.2) is 0 Å². The van der Waals surface area contributed by atoms with Crippen molar-refractivity contribution in [3.05, 3.63) is 88.7 Å². The lowest BCUT2D eigenvalue weighted by Crippen LogP contribution is -2.42. The molecule has 0 bridgehead atoms. The van der Waals surface area contributed by atoms with Crippen molar-refractivity contribution in [2.24, 2.45) is 5.92 Å². The number of nitrogens with one attached hydrogen (secondary N) is 1. The molecule has 0 saturated heterocycles. The quantitative estimate of drug-likeness (QED) is 0.171. The van der Waals surface area contributed by atoms with Gasteiger partial charge < -0.3 is 14.8 Å². The van der Waals surface area contributed by atoms with Gasteiger partial charge in [0.2, 0.25) is 0 Å². The number of carbonyl (C=O) groups is 2. The summed E-state index contributed by atoms with van der Waals surface area (Å²) in [6.45, 7) is 8.22. The molecule has 3 aromatic rings. The molecule has 1 N–H and O–H groups in total. The molecule has 0 spiro atoms. The Morgan fingerprint density at radius 3 is 2.26 bits per heavy atom. The fraction of sp³-hybridized carbons (Fsp3) is 0.375. The summed E-state index contributed by atoms with van der Waals surface area (Å²) in [6.07, 6.45) is -0.462. The van der Waals surface area contributed by atoms with Gasteiger partial charge in [0, 0.05) is 16.6 Å². The molecule has 1 amide bonds. The molecule has 3 rings (SSSR count). The summed E-state index contributed by atoms with van der Waals surface area (Å²) in [4.78, 5) is 25.6. The van der Waals surface area contributed by atoms with Crippen molar-refractivity contribution in [3.63, 3.8) is 0 Å². The number of rotatable bonds is 12. The molecule has 0 saturated carbocycles. The van der Waals surface area contributed by atoms with Crippen LogP contribution in [0.25, 0.3) is 11.1 Å². The number of carbonyl (C=O) groups excluding carboxylic acids is 2. The Bertz CT molecular complexity index is 1500. The summed E-state index contributed by atoms with van der Waals surface area (Å²) in [6, 6.07) is 16.8. The van der Waals surface area contributed by atoms with E-state index in [9.17, 15) is 22.4 Å². The van der Waals surface area contributed by atoms with Gasteiger partial charge in [0.25, 0.3) is 10.1 Å². The van der Waals surface area contributed by atoms with Crippen LogP contribution in [0.4, 0.5) is 9.18 Å². The molecule has 2 atom stereocenters. The maximum atomic E-state index is 14.4. The minimum atomic E-state index is -4.16. The fourth-order valence-corrected chi connectivity index (χ4v) is 5.39. The second kappa shape index (κ2) is 14.8. The van der Waals surface area contributed by atoms with Crippen molar-refractivity contribution in [1.82, 2.24) is 5.32 Å². The normalized spacial score (nSPS) is 13.2. The SMILES string of the molecule is CCOC(=O)C(COS(=O)(=O)c1ccc(C)cc1)C[C@@H](Cc1ccc(-c2cc(Cl)ccc2F)cc1)NC(=O)OC(C)(C)C. The second-order valence-corrected chi connectivity index (χ2v) is 13.2. The van der Waals surface area contributed by atoms with Crippen LogP contribution in [0.1, 0.15) is 45.2 Å². The number of hydrogen-bond donors (Lipinski definition) is 1. The van der Waals surface area contributed by atoms with Gasteiger partial charge in [-0.2, -0.15) is 8.42 Å². The van der Waals surface area contributed by atoms with E-state index < -0.39 is 52.2 Å². The van der Waals surface area contributed by atoms with Gasteiger partial charge in [0.05, 0.1) is 24.0 Å². The molecular weight excluding hydrogens is 597 g/mol. The number of amides is 1. The van der Waals surface area contributed by atoms with Crippen LogP contribution in [0, 0.1) is 18.7 Å². The summed E-state index contributed by atoms with van der Waals surface area (Å²) in [7, 11) is -4.16. The maximum Gasteiger partial charge on any atom is 0.407 e. The average Bonchev–Trinajstić information content (AvgIpc) is 2.92. The summed E-state index contributed by atoms with van der Waals surface area (Å²) in [5.74, 6) is -2.11. The van der Waals surface area contributed by atoms with Crippen molar-refractivity contribution in [2.75, 3.05) is 13.2 Å². The molecule has 0 aliphatic heterocycles. The minimum Gasteiger partial charge on any atom is -0.466 e. The number of halogens is 2. The van der Waals surface area contributed by atoms with E-state index in [0.717, 1.165) is 11.1 Å². The topological polar surface area (TPSA) is 108 Å². The van der Waals surface area contributed by atoms with Crippen molar-refractivity contribution >= 4 is 33.8 Å². The van der Waals surface area contributed by atoms with Gasteiger partial charge in [-0.3, -0.25) is 8.98 Å². The van der Waals surface area contributed by atoms with Crippen LogP contribution in [-0.4, -0.2) is 45.3 Å². The van der Waals surface area contributed by atoms with Gasteiger partial charge in [-0.1, -0.05) is 53.6 Å². The van der Waals surface area contributed by atoms with Crippen LogP contribution >= 0.6 is 11.6 Å². The number of benzene rings is 3.